The molecule has 0 saturated heterocycles. The molecule has 0 bridgehead atoms. The Morgan fingerprint density at radius 1 is 1.54 bits per heavy atom. The fraction of sp³-hybridized carbons (Fsp3) is 0.300. The minimum atomic E-state index is 0.00930. The van der Waals surface area contributed by atoms with E-state index in [2.05, 4.69) is 0 Å². The van der Waals surface area contributed by atoms with Crippen molar-refractivity contribution >= 4 is 5.69 Å². The molecule has 1 rings (SSSR count). The van der Waals surface area contributed by atoms with Gasteiger partial charge in [0.2, 0.25) is 0 Å². The van der Waals surface area contributed by atoms with E-state index in [1.54, 1.807) is 12.1 Å². The smallest absolute Gasteiger partial charge is 0.101 e. The van der Waals surface area contributed by atoms with Crippen LogP contribution in [0, 0.1) is 11.3 Å². The van der Waals surface area contributed by atoms with Crippen LogP contribution in [0.5, 0.6) is 0 Å². The second-order valence-electron chi connectivity index (χ2n) is 2.97. The molecule has 13 heavy (non-hydrogen) atoms. The number of hydrogen-bond acceptors (Lipinski definition) is 3. The maximum Gasteiger partial charge on any atom is 0.101 e. The summed E-state index contributed by atoms with van der Waals surface area (Å²) in [5.74, 6) is 0. The lowest BCUT2D eigenvalue weighted by Gasteiger charge is -2.09. The highest BCUT2D eigenvalue weighted by Crippen LogP contribution is 2.19. The van der Waals surface area contributed by atoms with Crippen LogP contribution in [-0.2, 0) is 0 Å². The van der Waals surface area contributed by atoms with Crippen molar-refractivity contribution in [3.8, 4) is 6.07 Å². The number of nitrogen functional groups attached to an aromatic ring is 1. The first-order valence-electron chi connectivity index (χ1n) is 4.24. The van der Waals surface area contributed by atoms with Crippen molar-refractivity contribution in [2.75, 3.05) is 5.73 Å². The molecule has 0 heterocycles. The fourth-order valence-corrected chi connectivity index (χ4v) is 1.15. The molecule has 0 aliphatic carbocycles. The van der Waals surface area contributed by atoms with Crippen LogP contribution in [0.15, 0.2) is 18.2 Å². The van der Waals surface area contributed by atoms with Crippen LogP contribution in [0.1, 0.15) is 30.5 Å². The van der Waals surface area contributed by atoms with Gasteiger partial charge in [-0.1, -0.05) is 13.0 Å². The number of rotatable bonds is 2. The SMILES string of the molecule is CC[C@@H](N)c1ccc(C#N)c(N)c1. The number of nitrogens with zero attached hydrogens (tertiary/aromatic N) is 1. The lowest BCUT2D eigenvalue weighted by atomic mass is 10.0. The lowest BCUT2D eigenvalue weighted by Crippen LogP contribution is -2.09. The van der Waals surface area contributed by atoms with Gasteiger partial charge in [0.15, 0.2) is 0 Å². The highest BCUT2D eigenvalue weighted by molar-refractivity contribution is 5.55. The molecule has 0 aliphatic rings. The number of benzene rings is 1. The summed E-state index contributed by atoms with van der Waals surface area (Å²) in [6, 6.07) is 7.35. The standard InChI is InChI=1S/C10H13N3/c1-2-9(12)7-3-4-8(6-11)10(13)5-7/h3-5,9H,2,12-13H2,1H3/t9-/m1/s1. The molecular formula is C10H13N3. The summed E-state index contributed by atoms with van der Waals surface area (Å²) < 4.78 is 0. The molecule has 0 unspecified atom stereocenters. The molecule has 68 valence electrons. The molecule has 0 saturated carbocycles. The Kier molecular flexibility index (Phi) is 2.88. The van der Waals surface area contributed by atoms with Gasteiger partial charge in [0.25, 0.3) is 0 Å². The first-order chi connectivity index (χ1) is 6.19. The largest absolute Gasteiger partial charge is 0.398 e. The normalized spacial score (nSPS) is 12.1. The third-order valence-electron chi connectivity index (χ3n) is 2.06. The van der Waals surface area contributed by atoms with Crippen LogP contribution in [0.2, 0.25) is 0 Å². The van der Waals surface area contributed by atoms with Crippen molar-refractivity contribution in [2.45, 2.75) is 19.4 Å². The Bertz CT molecular complexity index is 339. The van der Waals surface area contributed by atoms with Crippen molar-refractivity contribution < 1.29 is 0 Å². The zero-order valence-electron chi connectivity index (χ0n) is 7.62. The number of hydrogen-bond donors (Lipinski definition) is 2. The van der Waals surface area contributed by atoms with E-state index >= 15 is 0 Å². The van der Waals surface area contributed by atoms with Gasteiger partial charge in [-0.25, -0.2) is 0 Å². The Morgan fingerprint density at radius 2 is 2.23 bits per heavy atom. The molecule has 0 aromatic heterocycles. The van der Waals surface area contributed by atoms with E-state index in [9.17, 15) is 0 Å². The van der Waals surface area contributed by atoms with Crippen molar-refractivity contribution in [3.05, 3.63) is 29.3 Å². The maximum absolute atomic E-state index is 8.64. The third-order valence-corrected chi connectivity index (χ3v) is 2.06. The summed E-state index contributed by atoms with van der Waals surface area (Å²) in [6.45, 7) is 2.01. The third kappa shape index (κ3) is 1.98. The molecular weight excluding hydrogens is 162 g/mol. The zero-order chi connectivity index (χ0) is 9.84. The van der Waals surface area contributed by atoms with Gasteiger partial charge < -0.3 is 11.5 Å². The van der Waals surface area contributed by atoms with E-state index in [0.717, 1.165) is 12.0 Å². The van der Waals surface area contributed by atoms with E-state index in [1.165, 1.54) is 0 Å². The minimum absolute atomic E-state index is 0.00930. The summed E-state index contributed by atoms with van der Waals surface area (Å²) >= 11 is 0. The molecule has 1 aromatic rings. The van der Waals surface area contributed by atoms with Crippen molar-refractivity contribution in [1.29, 1.82) is 5.26 Å². The average Bonchev–Trinajstić information content (AvgIpc) is 2.16. The summed E-state index contributed by atoms with van der Waals surface area (Å²) in [5.41, 5.74) is 13.5. The van der Waals surface area contributed by atoms with E-state index in [1.807, 2.05) is 19.1 Å². The van der Waals surface area contributed by atoms with Gasteiger partial charge >= 0.3 is 0 Å². The lowest BCUT2D eigenvalue weighted by molar-refractivity contribution is 0.699. The molecule has 1 atom stereocenters. The number of anilines is 1. The van der Waals surface area contributed by atoms with Gasteiger partial charge in [0.1, 0.15) is 6.07 Å². The number of nitriles is 1. The van der Waals surface area contributed by atoms with Crippen LogP contribution < -0.4 is 11.5 Å². The zero-order valence-corrected chi connectivity index (χ0v) is 7.62. The van der Waals surface area contributed by atoms with E-state index in [4.69, 9.17) is 16.7 Å². The molecule has 1 aromatic carbocycles. The Hall–Kier alpha value is -1.53. The molecule has 0 amide bonds. The molecule has 3 nitrogen and oxygen atoms in total. The average molecular weight is 175 g/mol. The molecule has 4 N–H and O–H groups in total. The quantitative estimate of drug-likeness (QED) is 0.669. The van der Waals surface area contributed by atoms with Crippen LogP contribution >= 0.6 is 0 Å². The highest BCUT2D eigenvalue weighted by Gasteiger charge is 2.05. The molecule has 0 spiro atoms. The van der Waals surface area contributed by atoms with Crippen molar-refractivity contribution in [1.82, 2.24) is 0 Å². The Morgan fingerprint density at radius 3 is 2.69 bits per heavy atom. The van der Waals surface area contributed by atoms with Gasteiger partial charge in [-0.15, -0.1) is 0 Å². The first-order valence-corrected chi connectivity index (χ1v) is 4.24. The Balaban J connectivity index is 3.04. The summed E-state index contributed by atoms with van der Waals surface area (Å²) in [5, 5.41) is 8.64. The topological polar surface area (TPSA) is 75.8 Å². The van der Waals surface area contributed by atoms with Gasteiger partial charge in [0, 0.05) is 11.7 Å². The van der Waals surface area contributed by atoms with Gasteiger partial charge in [0.05, 0.1) is 5.56 Å². The van der Waals surface area contributed by atoms with Crippen molar-refractivity contribution in [3.63, 3.8) is 0 Å². The maximum atomic E-state index is 8.64. The first kappa shape index (κ1) is 9.56. The van der Waals surface area contributed by atoms with E-state index < -0.39 is 0 Å². The fourth-order valence-electron chi connectivity index (χ4n) is 1.15. The number of nitrogens with two attached hydrogens (primary N) is 2. The Labute approximate surface area is 78.0 Å². The van der Waals surface area contributed by atoms with Gasteiger partial charge in [-0.2, -0.15) is 5.26 Å². The van der Waals surface area contributed by atoms with Crippen LogP contribution in [0.3, 0.4) is 0 Å². The molecule has 0 fully saturated rings. The predicted molar refractivity (Wildman–Crippen MR) is 52.8 cm³/mol. The summed E-state index contributed by atoms with van der Waals surface area (Å²) in [6.07, 6.45) is 0.866. The molecule has 0 radical (unpaired) electrons. The van der Waals surface area contributed by atoms with Gasteiger partial charge in [-0.3, -0.25) is 0 Å². The van der Waals surface area contributed by atoms with Crippen LogP contribution in [-0.4, -0.2) is 0 Å². The second-order valence-corrected chi connectivity index (χ2v) is 2.97. The van der Waals surface area contributed by atoms with E-state index in [-0.39, 0.29) is 6.04 Å². The monoisotopic (exact) mass is 175 g/mol. The minimum Gasteiger partial charge on any atom is -0.398 e. The summed E-state index contributed by atoms with van der Waals surface area (Å²) in [4.78, 5) is 0. The molecule has 3 heteroatoms. The highest BCUT2D eigenvalue weighted by atomic mass is 14.6. The van der Waals surface area contributed by atoms with Crippen molar-refractivity contribution in [2.24, 2.45) is 5.73 Å². The predicted octanol–water partition coefficient (Wildman–Crippen LogP) is 1.55. The van der Waals surface area contributed by atoms with Crippen LogP contribution in [0.4, 0.5) is 5.69 Å². The van der Waals surface area contributed by atoms with Gasteiger partial charge in [-0.05, 0) is 24.1 Å². The summed E-state index contributed by atoms with van der Waals surface area (Å²) in [7, 11) is 0. The molecule has 0 aliphatic heterocycles. The van der Waals surface area contributed by atoms with Crippen LogP contribution in [0.25, 0.3) is 0 Å². The second kappa shape index (κ2) is 3.92. The van der Waals surface area contributed by atoms with E-state index in [0.29, 0.717) is 11.3 Å².